The summed E-state index contributed by atoms with van der Waals surface area (Å²) in [5.41, 5.74) is 10.0. The maximum Gasteiger partial charge on any atom is 0.268 e. The van der Waals surface area contributed by atoms with Crippen molar-refractivity contribution in [3.63, 3.8) is 0 Å². The highest BCUT2D eigenvalue weighted by atomic mass is 16.1. The van der Waals surface area contributed by atoms with Crippen molar-refractivity contribution >= 4 is 28.3 Å². The van der Waals surface area contributed by atoms with Crippen LogP contribution in [-0.2, 0) is 0 Å². The van der Waals surface area contributed by atoms with E-state index in [-0.39, 0.29) is 28.5 Å². The van der Waals surface area contributed by atoms with E-state index in [2.05, 4.69) is 4.98 Å². The molecular formula is C29H23N3O3. The quantitative estimate of drug-likeness (QED) is 0.347. The van der Waals surface area contributed by atoms with E-state index >= 15 is 0 Å². The molecule has 2 aromatic heterocycles. The smallest absolute Gasteiger partial charge is 0.268 e. The molecule has 3 N–H and O–H groups in total. The summed E-state index contributed by atoms with van der Waals surface area (Å²) in [5.74, 6) is -0.682. The van der Waals surface area contributed by atoms with Gasteiger partial charge in [0.05, 0.1) is 16.9 Å². The van der Waals surface area contributed by atoms with Crippen LogP contribution >= 0.6 is 0 Å². The lowest BCUT2D eigenvalue weighted by atomic mass is 9.94. The molecule has 0 atom stereocenters. The Kier molecular flexibility index (Phi) is 5.41. The van der Waals surface area contributed by atoms with Crippen LogP contribution in [0.2, 0.25) is 0 Å². The molecule has 0 fully saturated rings. The standard InChI is InChI=1S/C29H23N3O3/c1-17-13-15-21(16-14-17)32-28-24(25(30)26(31-28)27(34)20-11-7-4-8-12-20)23(19-9-5-3-6-10-19)22(18(2)33)29(32)35/h3-16,31H,30H2,1-2H3. The number of rotatable bonds is 5. The van der Waals surface area contributed by atoms with Crippen LogP contribution in [0.15, 0.2) is 89.7 Å². The minimum Gasteiger partial charge on any atom is -0.396 e. The number of nitrogen functional groups attached to an aromatic ring is 1. The van der Waals surface area contributed by atoms with Crippen molar-refractivity contribution in [1.82, 2.24) is 9.55 Å². The number of aryl methyl sites for hydroxylation is 1. The molecule has 6 heteroatoms. The molecule has 0 aliphatic rings. The molecule has 35 heavy (non-hydrogen) atoms. The van der Waals surface area contributed by atoms with Gasteiger partial charge in [0, 0.05) is 16.5 Å². The van der Waals surface area contributed by atoms with Crippen molar-refractivity contribution in [2.45, 2.75) is 13.8 Å². The summed E-state index contributed by atoms with van der Waals surface area (Å²) in [7, 11) is 0. The van der Waals surface area contributed by atoms with Gasteiger partial charge in [-0.3, -0.25) is 19.0 Å². The molecule has 3 aromatic carbocycles. The second-order valence-electron chi connectivity index (χ2n) is 8.48. The summed E-state index contributed by atoms with van der Waals surface area (Å²) in [5, 5.41) is 0.459. The van der Waals surface area contributed by atoms with E-state index in [1.807, 2.05) is 55.5 Å². The average Bonchev–Trinajstić information content (AvgIpc) is 3.21. The van der Waals surface area contributed by atoms with Crippen molar-refractivity contribution in [3.05, 3.63) is 118 Å². The number of pyridine rings is 1. The van der Waals surface area contributed by atoms with Crippen LogP contribution in [-0.4, -0.2) is 21.1 Å². The van der Waals surface area contributed by atoms with Crippen molar-refractivity contribution in [2.24, 2.45) is 0 Å². The second-order valence-corrected chi connectivity index (χ2v) is 8.48. The van der Waals surface area contributed by atoms with E-state index in [4.69, 9.17) is 5.73 Å². The molecule has 2 heterocycles. The third-order valence-corrected chi connectivity index (χ3v) is 6.13. The first-order chi connectivity index (χ1) is 16.9. The van der Waals surface area contributed by atoms with E-state index in [0.29, 0.717) is 33.4 Å². The van der Waals surface area contributed by atoms with Crippen LogP contribution in [0, 0.1) is 6.92 Å². The molecule has 0 bridgehead atoms. The molecule has 5 aromatic rings. The van der Waals surface area contributed by atoms with E-state index in [1.54, 1.807) is 36.4 Å². The first-order valence-corrected chi connectivity index (χ1v) is 11.2. The number of nitrogens with one attached hydrogen (secondary N) is 1. The SMILES string of the molecule is CC(=O)c1c(-c2ccccc2)c2c(N)c(C(=O)c3ccccc3)[nH]c2n(-c2ccc(C)cc2)c1=O. The normalized spacial score (nSPS) is 11.0. The van der Waals surface area contributed by atoms with Gasteiger partial charge in [0.25, 0.3) is 5.56 Å². The summed E-state index contributed by atoms with van der Waals surface area (Å²) in [6, 6.07) is 25.3. The van der Waals surface area contributed by atoms with Crippen LogP contribution < -0.4 is 11.3 Å². The van der Waals surface area contributed by atoms with E-state index in [0.717, 1.165) is 5.56 Å². The molecule has 0 unspecified atom stereocenters. The molecular weight excluding hydrogens is 438 g/mol. The van der Waals surface area contributed by atoms with Gasteiger partial charge in [0.2, 0.25) is 5.78 Å². The van der Waals surface area contributed by atoms with Crippen molar-refractivity contribution in [3.8, 4) is 16.8 Å². The summed E-state index contributed by atoms with van der Waals surface area (Å²) in [6.45, 7) is 3.32. The van der Waals surface area contributed by atoms with Gasteiger partial charge in [-0.15, -0.1) is 0 Å². The third kappa shape index (κ3) is 3.65. The number of carbonyl (C=O) groups excluding carboxylic acids is 2. The first-order valence-electron chi connectivity index (χ1n) is 11.2. The van der Waals surface area contributed by atoms with Crippen LogP contribution in [0.1, 0.15) is 38.9 Å². The molecule has 0 amide bonds. The fourth-order valence-electron chi connectivity index (χ4n) is 4.44. The number of fused-ring (bicyclic) bond motifs is 1. The third-order valence-electron chi connectivity index (χ3n) is 6.13. The lowest BCUT2D eigenvalue weighted by molar-refractivity contribution is 0.101. The van der Waals surface area contributed by atoms with Gasteiger partial charge in [-0.25, -0.2) is 0 Å². The van der Waals surface area contributed by atoms with Gasteiger partial charge >= 0.3 is 0 Å². The highest BCUT2D eigenvalue weighted by Gasteiger charge is 2.28. The number of nitrogens with zero attached hydrogens (tertiary/aromatic N) is 1. The summed E-state index contributed by atoms with van der Waals surface area (Å²) >= 11 is 0. The van der Waals surface area contributed by atoms with Gasteiger partial charge in [0.15, 0.2) is 5.78 Å². The van der Waals surface area contributed by atoms with E-state index < -0.39 is 5.56 Å². The summed E-state index contributed by atoms with van der Waals surface area (Å²) < 4.78 is 1.43. The monoisotopic (exact) mass is 461 g/mol. The van der Waals surface area contributed by atoms with Gasteiger partial charge in [0.1, 0.15) is 11.3 Å². The summed E-state index contributed by atoms with van der Waals surface area (Å²) in [6.07, 6.45) is 0. The minimum absolute atomic E-state index is 0.0219. The highest BCUT2D eigenvalue weighted by Crippen LogP contribution is 2.37. The zero-order valence-electron chi connectivity index (χ0n) is 19.3. The van der Waals surface area contributed by atoms with Gasteiger partial charge in [-0.2, -0.15) is 0 Å². The lowest BCUT2D eigenvalue weighted by Crippen LogP contribution is -2.26. The van der Waals surface area contributed by atoms with Crippen molar-refractivity contribution < 1.29 is 9.59 Å². The Balaban J connectivity index is 1.95. The van der Waals surface area contributed by atoms with Crippen molar-refractivity contribution in [2.75, 3.05) is 5.73 Å². The van der Waals surface area contributed by atoms with Crippen LogP contribution in [0.5, 0.6) is 0 Å². The zero-order valence-corrected chi connectivity index (χ0v) is 19.3. The number of hydrogen-bond donors (Lipinski definition) is 2. The Morgan fingerprint density at radius 2 is 1.46 bits per heavy atom. The predicted molar refractivity (Wildman–Crippen MR) is 138 cm³/mol. The van der Waals surface area contributed by atoms with Crippen LogP contribution in [0.25, 0.3) is 27.8 Å². The first kappa shape index (κ1) is 22.1. The van der Waals surface area contributed by atoms with Gasteiger partial charge < -0.3 is 10.7 Å². The maximum atomic E-state index is 13.9. The van der Waals surface area contributed by atoms with E-state index in [1.165, 1.54) is 11.5 Å². The Morgan fingerprint density at radius 1 is 0.857 bits per heavy atom. The molecule has 6 nitrogen and oxygen atoms in total. The molecule has 0 radical (unpaired) electrons. The maximum absolute atomic E-state index is 13.9. The molecule has 5 rings (SSSR count). The number of hydrogen-bond acceptors (Lipinski definition) is 4. The number of anilines is 1. The topological polar surface area (TPSA) is 97.9 Å². The Labute approximate surface area is 201 Å². The number of aromatic nitrogens is 2. The Bertz CT molecular complexity index is 1650. The number of aromatic amines is 1. The second kappa shape index (κ2) is 8.57. The molecule has 0 saturated heterocycles. The van der Waals surface area contributed by atoms with E-state index in [9.17, 15) is 14.4 Å². The molecule has 172 valence electrons. The van der Waals surface area contributed by atoms with Crippen LogP contribution in [0.4, 0.5) is 5.69 Å². The summed E-state index contributed by atoms with van der Waals surface area (Å²) in [4.78, 5) is 43.3. The Hall–Kier alpha value is -4.71. The number of H-pyrrole nitrogens is 1. The zero-order chi connectivity index (χ0) is 24.7. The highest BCUT2D eigenvalue weighted by molar-refractivity contribution is 6.20. The number of carbonyl (C=O) groups is 2. The minimum atomic E-state index is -0.479. The molecule has 0 spiro atoms. The number of nitrogens with two attached hydrogens (primary N) is 1. The fourth-order valence-corrected chi connectivity index (χ4v) is 4.44. The average molecular weight is 462 g/mol. The Morgan fingerprint density at radius 3 is 2.06 bits per heavy atom. The number of Topliss-reactive ketones (excluding diaryl/α,β-unsaturated/α-hetero) is 1. The number of ketones is 2. The van der Waals surface area contributed by atoms with Crippen molar-refractivity contribution in [1.29, 1.82) is 0 Å². The van der Waals surface area contributed by atoms with Gasteiger partial charge in [-0.05, 0) is 31.5 Å². The number of benzene rings is 3. The fraction of sp³-hybridized carbons (Fsp3) is 0.0690. The predicted octanol–water partition coefficient (Wildman–Crippen LogP) is 5.31. The van der Waals surface area contributed by atoms with Crippen LogP contribution in [0.3, 0.4) is 0 Å². The largest absolute Gasteiger partial charge is 0.396 e. The molecule has 0 aliphatic carbocycles. The molecule has 0 aliphatic heterocycles. The van der Waals surface area contributed by atoms with Gasteiger partial charge in [-0.1, -0.05) is 78.4 Å². The lowest BCUT2D eigenvalue weighted by Gasteiger charge is -2.15. The molecule has 0 saturated carbocycles.